The maximum Gasteiger partial charge on any atom is 0.279 e. The van der Waals surface area contributed by atoms with Gasteiger partial charge in [-0.15, -0.1) is 0 Å². The average molecular weight is 395 g/mol. The molecule has 26 heavy (non-hydrogen) atoms. The monoisotopic (exact) mass is 394 g/mol. The summed E-state index contributed by atoms with van der Waals surface area (Å²) < 4.78 is 5.27. The molecule has 0 unspecified atom stereocenters. The lowest BCUT2D eigenvalue weighted by molar-refractivity contribution is -0.892. The van der Waals surface area contributed by atoms with Crippen LogP contribution in [-0.2, 0) is 4.79 Å². The minimum absolute atomic E-state index is 0.0447. The third-order valence-corrected chi connectivity index (χ3v) is 4.96. The molecule has 2 N–H and O–H groups in total. The number of nitrogens with one attached hydrogen (secondary N) is 2. The zero-order valence-electron chi connectivity index (χ0n) is 14.6. The Kier molecular flexibility index (Phi) is 6.25. The highest BCUT2D eigenvalue weighted by atomic mass is 35.5. The van der Waals surface area contributed by atoms with E-state index in [1.807, 2.05) is 18.2 Å². The Morgan fingerprint density at radius 2 is 1.88 bits per heavy atom. The molecule has 1 heterocycles. The average Bonchev–Trinajstić information content (AvgIpc) is 2.62. The molecule has 1 aliphatic heterocycles. The van der Waals surface area contributed by atoms with E-state index in [0.717, 1.165) is 36.9 Å². The number of anilines is 2. The van der Waals surface area contributed by atoms with Crippen LogP contribution in [0.1, 0.15) is 0 Å². The van der Waals surface area contributed by atoms with Gasteiger partial charge in [-0.05, 0) is 36.4 Å². The number of methoxy groups -OCH3 is 1. The number of nitrogens with zero attached hydrogens (tertiary/aromatic N) is 1. The van der Waals surface area contributed by atoms with Gasteiger partial charge in [0.1, 0.15) is 5.75 Å². The molecule has 1 amide bonds. The Bertz CT molecular complexity index is 777. The SMILES string of the molecule is COc1ccc(Cl)cc1NC(=O)C[NH+]1CCN(c2cccc(Cl)c2)CC1. The molecule has 138 valence electrons. The first-order valence-electron chi connectivity index (χ1n) is 8.52. The fourth-order valence-corrected chi connectivity index (χ4v) is 3.49. The van der Waals surface area contributed by atoms with Gasteiger partial charge < -0.3 is 19.9 Å². The Hall–Kier alpha value is -1.95. The summed E-state index contributed by atoms with van der Waals surface area (Å²) in [5.74, 6) is 0.556. The summed E-state index contributed by atoms with van der Waals surface area (Å²) in [4.78, 5) is 15.9. The van der Waals surface area contributed by atoms with Crippen molar-refractivity contribution >= 4 is 40.5 Å². The van der Waals surface area contributed by atoms with Crippen molar-refractivity contribution in [2.45, 2.75) is 0 Å². The second-order valence-electron chi connectivity index (χ2n) is 6.29. The number of benzene rings is 2. The molecule has 2 aromatic carbocycles. The Morgan fingerprint density at radius 3 is 2.58 bits per heavy atom. The quantitative estimate of drug-likeness (QED) is 0.817. The first-order valence-corrected chi connectivity index (χ1v) is 9.28. The van der Waals surface area contributed by atoms with E-state index in [9.17, 15) is 4.79 Å². The van der Waals surface area contributed by atoms with E-state index in [2.05, 4.69) is 16.3 Å². The van der Waals surface area contributed by atoms with Crippen molar-refractivity contribution in [1.29, 1.82) is 0 Å². The molecule has 0 atom stereocenters. The van der Waals surface area contributed by atoms with E-state index in [1.165, 1.54) is 4.90 Å². The van der Waals surface area contributed by atoms with E-state index in [1.54, 1.807) is 25.3 Å². The lowest BCUT2D eigenvalue weighted by atomic mass is 10.2. The molecule has 1 fully saturated rings. The summed E-state index contributed by atoms with van der Waals surface area (Å²) in [6, 6.07) is 13.1. The van der Waals surface area contributed by atoms with Crippen LogP contribution in [0.15, 0.2) is 42.5 Å². The Labute approximate surface area is 163 Å². The molecule has 0 aliphatic carbocycles. The van der Waals surface area contributed by atoms with Crippen molar-refractivity contribution < 1.29 is 14.4 Å². The Morgan fingerprint density at radius 1 is 1.15 bits per heavy atom. The highest BCUT2D eigenvalue weighted by molar-refractivity contribution is 6.31. The van der Waals surface area contributed by atoms with E-state index < -0.39 is 0 Å². The summed E-state index contributed by atoms with van der Waals surface area (Å²) >= 11 is 12.1. The topological polar surface area (TPSA) is 46.0 Å². The number of hydrogen-bond acceptors (Lipinski definition) is 3. The van der Waals surface area contributed by atoms with E-state index in [-0.39, 0.29) is 5.91 Å². The van der Waals surface area contributed by atoms with Gasteiger partial charge in [-0.1, -0.05) is 29.3 Å². The zero-order valence-corrected chi connectivity index (χ0v) is 16.1. The van der Waals surface area contributed by atoms with Gasteiger partial charge in [-0.25, -0.2) is 0 Å². The van der Waals surface area contributed by atoms with Crippen molar-refractivity contribution in [1.82, 2.24) is 0 Å². The maximum atomic E-state index is 12.4. The van der Waals surface area contributed by atoms with Gasteiger partial charge in [0, 0.05) is 15.7 Å². The van der Waals surface area contributed by atoms with Gasteiger partial charge in [-0.2, -0.15) is 0 Å². The number of halogens is 2. The minimum atomic E-state index is -0.0447. The van der Waals surface area contributed by atoms with Gasteiger partial charge in [0.05, 0.1) is 39.0 Å². The molecule has 2 aromatic rings. The highest BCUT2D eigenvalue weighted by Gasteiger charge is 2.23. The standard InChI is InChI=1S/C19H21Cl2N3O2/c1-26-18-6-5-15(21)12-17(18)22-19(25)13-23-7-9-24(10-8-23)16-4-2-3-14(20)11-16/h2-6,11-12H,7-10,13H2,1H3,(H,22,25)/p+1. The number of hydrogen-bond donors (Lipinski definition) is 2. The number of piperazine rings is 1. The number of amides is 1. The number of rotatable bonds is 5. The molecule has 7 heteroatoms. The molecule has 0 spiro atoms. The summed E-state index contributed by atoms with van der Waals surface area (Å²) in [6.45, 7) is 3.99. The predicted molar refractivity (Wildman–Crippen MR) is 106 cm³/mol. The van der Waals surface area contributed by atoms with Crippen molar-refractivity contribution in [3.05, 3.63) is 52.5 Å². The number of ether oxygens (including phenoxy) is 1. The summed E-state index contributed by atoms with van der Waals surface area (Å²) in [7, 11) is 1.57. The van der Waals surface area contributed by atoms with E-state index >= 15 is 0 Å². The summed E-state index contributed by atoms with van der Waals surface area (Å²) in [5, 5.41) is 4.20. The molecule has 5 nitrogen and oxygen atoms in total. The van der Waals surface area contributed by atoms with Gasteiger partial charge in [0.15, 0.2) is 6.54 Å². The third kappa shape index (κ3) is 4.81. The lowest BCUT2D eigenvalue weighted by Crippen LogP contribution is -3.15. The molecular weight excluding hydrogens is 373 g/mol. The van der Waals surface area contributed by atoms with Crippen molar-refractivity contribution in [2.24, 2.45) is 0 Å². The van der Waals surface area contributed by atoms with Crippen LogP contribution in [0.3, 0.4) is 0 Å². The van der Waals surface area contributed by atoms with Gasteiger partial charge in [0.2, 0.25) is 0 Å². The van der Waals surface area contributed by atoms with Crippen LogP contribution in [0, 0.1) is 0 Å². The smallest absolute Gasteiger partial charge is 0.279 e. The van der Waals surface area contributed by atoms with Crippen LogP contribution in [0.2, 0.25) is 10.0 Å². The second-order valence-corrected chi connectivity index (χ2v) is 7.16. The molecule has 1 saturated heterocycles. The maximum absolute atomic E-state index is 12.4. The van der Waals surface area contributed by atoms with Crippen LogP contribution in [0.4, 0.5) is 11.4 Å². The first-order chi connectivity index (χ1) is 12.5. The third-order valence-electron chi connectivity index (χ3n) is 4.49. The number of quaternary nitrogens is 1. The zero-order chi connectivity index (χ0) is 18.5. The van der Waals surface area contributed by atoms with Crippen LogP contribution in [-0.4, -0.2) is 45.7 Å². The summed E-state index contributed by atoms with van der Waals surface area (Å²) in [5.41, 5.74) is 1.73. The van der Waals surface area contributed by atoms with Crippen LogP contribution in [0.5, 0.6) is 5.75 Å². The molecular formula is C19H22Cl2N3O2+. The molecule has 0 saturated carbocycles. The van der Waals surface area contributed by atoms with Crippen LogP contribution in [0.25, 0.3) is 0 Å². The molecule has 1 aliphatic rings. The minimum Gasteiger partial charge on any atom is -0.495 e. The van der Waals surface area contributed by atoms with Crippen molar-refractivity contribution in [3.8, 4) is 5.75 Å². The van der Waals surface area contributed by atoms with Crippen LogP contribution < -0.4 is 19.9 Å². The number of carbonyl (C=O) groups is 1. The van der Waals surface area contributed by atoms with E-state index in [0.29, 0.717) is 23.0 Å². The fourth-order valence-electron chi connectivity index (χ4n) is 3.13. The highest BCUT2D eigenvalue weighted by Crippen LogP contribution is 2.27. The molecule has 0 radical (unpaired) electrons. The van der Waals surface area contributed by atoms with Gasteiger partial charge in [0.25, 0.3) is 5.91 Å². The van der Waals surface area contributed by atoms with Crippen molar-refractivity contribution in [2.75, 3.05) is 50.1 Å². The van der Waals surface area contributed by atoms with Crippen molar-refractivity contribution in [3.63, 3.8) is 0 Å². The number of carbonyl (C=O) groups excluding carboxylic acids is 1. The van der Waals surface area contributed by atoms with E-state index in [4.69, 9.17) is 27.9 Å². The summed E-state index contributed by atoms with van der Waals surface area (Å²) in [6.07, 6.45) is 0. The molecule has 0 aromatic heterocycles. The normalized spacial score (nSPS) is 15.0. The molecule has 3 rings (SSSR count). The second kappa shape index (κ2) is 8.62. The predicted octanol–water partition coefficient (Wildman–Crippen LogP) is 2.35. The van der Waals surface area contributed by atoms with Crippen LogP contribution >= 0.6 is 23.2 Å². The molecule has 0 bridgehead atoms. The van der Waals surface area contributed by atoms with Gasteiger partial charge in [-0.3, -0.25) is 4.79 Å². The largest absolute Gasteiger partial charge is 0.495 e. The lowest BCUT2D eigenvalue weighted by Gasteiger charge is -2.33. The Balaban J connectivity index is 1.53. The first kappa shape index (κ1) is 18.8. The fraction of sp³-hybridized carbons (Fsp3) is 0.316. The van der Waals surface area contributed by atoms with Gasteiger partial charge >= 0.3 is 0 Å².